The van der Waals surface area contributed by atoms with E-state index in [1.165, 1.54) is 15.8 Å². The molecule has 11 heteroatoms. The first-order valence-electron chi connectivity index (χ1n) is 9.45. The van der Waals surface area contributed by atoms with Gasteiger partial charge in [0.2, 0.25) is 11.8 Å². The van der Waals surface area contributed by atoms with Crippen molar-refractivity contribution in [2.45, 2.75) is 25.4 Å². The summed E-state index contributed by atoms with van der Waals surface area (Å²) in [6.45, 7) is 1.04. The van der Waals surface area contributed by atoms with Gasteiger partial charge in [-0.05, 0) is 24.1 Å². The number of aromatic nitrogens is 3. The molecule has 0 radical (unpaired) electrons. The number of amides is 4. The summed E-state index contributed by atoms with van der Waals surface area (Å²) < 4.78 is 6.30. The number of hydrogen-bond donors (Lipinski definition) is 2. The van der Waals surface area contributed by atoms with Crippen molar-refractivity contribution < 1.29 is 23.9 Å². The fourth-order valence-corrected chi connectivity index (χ4v) is 3.54. The van der Waals surface area contributed by atoms with Crippen LogP contribution in [-0.4, -0.2) is 69.8 Å². The number of nitrogens with one attached hydrogen (secondary N) is 2. The lowest BCUT2D eigenvalue weighted by molar-refractivity contribution is -0.136. The van der Waals surface area contributed by atoms with E-state index in [-0.39, 0.29) is 29.8 Å². The largest absolute Gasteiger partial charge is 0.383 e. The molecule has 4 amide bonds. The molecule has 156 valence electrons. The highest BCUT2D eigenvalue weighted by atomic mass is 16.5. The number of hydrogen-bond acceptors (Lipinski definition) is 7. The molecular formula is C19H20N6O5. The number of carbonyl (C=O) groups excluding carboxylic acids is 4. The monoisotopic (exact) mass is 412 g/mol. The van der Waals surface area contributed by atoms with Crippen molar-refractivity contribution in [2.24, 2.45) is 0 Å². The smallest absolute Gasteiger partial charge is 0.273 e. The molecule has 30 heavy (non-hydrogen) atoms. The summed E-state index contributed by atoms with van der Waals surface area (Å²) in [6, 6.07) is 4.54. The lowest BCUT2D eigenvalue weighted by Gasteiger charge is -2.29. The van der Waals surface area contributed by atoms with Crippen LogP contribution in [0.15, 0.2) is 24.4 Å². The quantitative estimate of drug-likeness (QED) is 0.478. The van der Waals surface area contributed by atoms with E-state index in [4.69, 9.17) is 4.74 Å². The number of rotatable bonds is 6. The Bertz CT molecular complexity index is 1030. The van der Waals surface area contributed by atoms with E-state index in [0.717, 1.165) is 5.56 Å². The highest BCUT2D eigenvalue weighted by molar-refractivity contribution is 6.05. The number of nitrogens with zero attached hydrogens (tertiary/aromatic N) is 4. The summed E-state index contributed by atoms with van der Waals surface area (Å²) in [5, 5.41) is 12.8. The standard InChI is InChI=1S/C19H20N6O5/c1-30-7-6-20-17(27)14-10-25(23-22-14)12-3-2-11-9-24(19(29)13(11)8-12)15-4-5-16(26)21-18(15)28/h2-3,8,10,15H,4-7,9H2,1H3,(H,20,27)(H,21,26,28). The molecule has 0 saturated carbocycles. The van der Waals surface area contributed by atoms with Gasteiger partial charge in [-0.1, -0.05) is 11.3 Å². The number of ether oxygens (including phenoxy) is 1. The number of carbonyl (C=O) groups is 4. The second-order valence-corrected chi connectivity index (χ2v) is 7.04. The van der Waals surface area contributed by atoms with E-state index >= 15 is 0 Å². The van der Waals surface area contributed by atoms with Crippen molar-refractivity contribution >= 4 is 23.6 Å². The van der Waals surface area contributed by atoms with Gasteiger partial charge in [0, 0.05) is 32.2 Å². The maximum absolute atomic E-state index is 12.9. The van der Waals surface area contributed by atoms with Crippen LogP contribution in [0.2, 0.25) is 0 Å². The zero-order chi connectivity index (χ0) is 21.3. The molecule has 3 heterocycles. The molecule has 1 aromatic carbocycles. The first-order valence-corrected chi connectivity index (χ1v) is 9.45. The second-order valence-electron chi connectivity index (χ2n) is 7.04. The van der Waals surface area contributed by atoms with Crippen molar-refractivity contribution in [1.29, 1.82) is 0 Å². The lowest BCUT2D eigenvalue weighted by atomic mass is 10.0. The van der Waals surface area contributed by atoms with Gasteiger partial charge >= 0.3 is 0 Å². The fraction of sp³-hybridized carbons (Fsp3) is 0.368. The van der Waals surface area contributed by atoms with Gasteiger partial charge in [0.05, 0.1) is 18.5 Å². The molecule has 11 nitrogen and oxygen atoms in total. The van der Waals surface area contributed by atoms with Gasteiger partial charge < -0.3 is 15.0 Å². The molecule has 1 aromatic heterocycles. The highest BCUT2D eigenvalue weighted by Gasteiger charge is 2.39. The Labute approximate surface area is 171 Å². The van der Waals surface area contributed by atoms with Crippen LogP contribution in [0.25, 0.3) is 5.69 Å². The van der Waals surface area contributed by atoms with Gasteiger partial charge in [0.15, 0.2) is 5.69 Å². The predicted molar refractivity (Wildman–Crippen MR) is 102 cm³/mol. The molecule has 0 bridgehead atoms. The Balaban J connectivity index is 1.51. The molecule has 2 aliphatic rings. The zero-order valence-electron chi connectivity index (χ0n) is 16.3. The maximum atomic E-state index is 12.9. The average molecular weight is 412 g/mol. The van der Waals surface area contributed by atoms with Crippen molar-refractivity contribution in [3.63, 3.8) is 0 Å². The van der Waals surface area contributed by atoms with Crippen LogP contribution in [0.1, 0.15) is 39.3 Å². The molecule has 0 spiro atoms. The van der Waals surface area contributed by atoms with Crippen LogP contribution < -0.4 is 10.6 Å². The van der Waals surface area contributed by atoms with E-state index in [2.05, 4.69) is 20.9 Å². The fourth-order valence-electron chi connectivity index (χ4n) is 3.54. The number of methoxy groups -OCH3 is 1. The maximum Gasteiger partial charge on any atom is 0.273 e. The Hall–Kier alpha value is -3.60. The highest BCUT2D eigenvalue weighted by Crippen LogP contribution is 2.28. The van der Waals surface area contributed by atoms with Gasteiger partial charge in [-0.15, -0.1) is 5.10 Å². The predicted octanol–water partition coefficient (Wildman–Crippen LogP) is -0.595. The third-order valence-electron chi connectivity index (χ3n) is 5.09. The molecule has 1 unspecified atom stereocenters. The van der Waals surface area contributed by atoms with Gasteiger partial charge in [0.25, 0.3) is 11.8 Å². The summed E-state index contributed by atoms with van der Waals surface area (Å²) in [4.78, 5) is 50.0. The summed E-state index contributed by atoms with van der Waals surface area (Å²) in [7, 11) is 1.54. The van der Waals surface area contributed by atoms with Crippen molar-refractivity contribution in [3.05, 3.63) is 41.2 Å². The van der Waals surface area contributed by atoms with Gasteiger partial charge in [-0.3, -0.25) is 24.5 Å². The summed E-state index contributed by atoms with van der Waals surface area (Å²) in [6.07, 6.45) is 1.99. The summed E-state index contributed by atoms with van der Waals surface area (Å²) in [5.74, 6) is -1.43. The molecule has 2 aromatic rings. The van der Waals surface area contributed by atoms with E-state index < -0.39 is 11.9 Å². The molecular weight excluding hydrogens is 392 g/mol. The third kappa shape index (κ3) is 3.66. The number of piperidine rings is 1. The van der Waals surface area contributed by atoms with Gasteiger partial charge in [-0.25, -0.2) is 4.68 Å². The minimum Gasteiger partial charge on any atom is -0.383 e. The molecule has 1 saturated heterocycles. The summed E-state index contributed by atoms with van der Waals surface area (Å²) in [5.41, 5.74) is 1.95. The minimum atomic E-state index is -0.667. The number of imide groups is 1. The molecule has 1 atom stereocenters. The van der Waals surface area contributed by atoms with E-state index in [0.29, 0.717) is 37.4 Å². The Morgan fingerprint density at radius 2 is 2.17 bits per heavy atom. The summed E-state index contributed by atoms with van der Waals surface area (Å²) >= 11 is 0. The lowest BCUT2D eigenvalue weighted by Crippen LogP contribution is -2.52. The number of benzene rings is 1. The number of fused-ring (bicyclic) bond motifs is 1. The molecule has 1 fully saturated rings. The Morgan fingerprint density at radius 1 is 1.33 bits per heavy atom. The SMILES string of the molecule is COCCNC(=O)c1cn(-c2ccc3c(c2)C(=O)N(C2CCC(=O)NC2=O)C3)nn1. The van der Waals surface area contributed by atoms with Gasteiger partial charge in [0.1, 0.15) is 6.04 Å². The normalized spacial score (nSPS) is 18.4. The molecule has 0 aliphatic carbocycles. The van der Waals surface area contributed by atoms with Crippen LogP contribution in [-0.2, 0) is 20.9 Å². The Morgan fingerprint density at radius 3 is 2.93 bits per heavy atom. The van der Waals surface area contributed by atoms with Crippen LogP contribution in [0.5, 0.6) is 0 Å². The molecule has 2 N–H and O–H groups in total. The Kier molecular flexibility index (Phi) is 5.27. The van der Waals surface area contributed by atoms with E-state index in [1.54, 1.807) is 25.3 Å². The molecule has 2 aliphatic heterocycles. The van der Waals surface area contributed by atoms with Crippen LogP contribution in [0.4, 0.5) is 0 Å². The first-order chi connectivity index (χ1) is 14.5. The average Bonchev–Trinajstić information content (AvgIpc) is 3.34. The second kappa shape index (κ2) is 8.03. The topological polar surface area (TPSA) is 136 Å². The van der Waals surface area contributed by atoms with E-state index in [1.807, 2.05) is 0 Å². The van der Waals surface area contributed by atoms with Crippen molar-refractivity contribution in [3.8, 4) is 5.69 Å². The zero-order valence-corrected chi connectivity index (χ0v) is 16.3. The minimum absolute atomic E-state index is 0.142. The van der Waals surface area contributed by atoms with Crippen molar-refractivity contribution in [1.82, 2.24) is 30.5 Å². The van der Waals surface area contributed by atoms with Crippen LogP contribution in [0, 0.1) is 0 Å². The van der Waals surface area contributed by atoms with Gasteiger partial charge in [-0.2, -0.15) is 0 Å². The van der Waals surface area contributed by atoms with Crippen LogP contribution in [0.3, 0.4) is 0 Å². The van der Waals surface area contributed by atoms with Crippen LogP contribution >= 0.6 is 0 Å². The molecule has 4 rings (SSSR count). The van der Waals surface area contributed by atoms with Crippen molar-refractivity contribution in [2.75, 3.05) is 20.3 Å². The third-order valence-corrected chi connectivity index (χ3v) is 5.09. The first kappa shape index (κ1) is 19.7. The van der Waals surface area contributed by atoms with E-state index in [9.17, 15) is 19.2 Å².